The molecule has 0 bridgehead atoms. The van der Waals surface area contributed by atoms with E-state index in [-0.39, 0.29) is 12.0 Å². The third kappa shape index (κ3) is 3.82. The monoisotopic (exact) mass is 281 g/mol. The summed E-state index contributed by atoms with van der Waals surface area (Å²) in [6, 6.07) is -0.311. The highest BCUT2D eigenvalue weighted by Crippen LogP contribution is 2.22. The minimum absolute atomic E-state index is 0.185. The summed E-state index contributed by atoms with van der Waals surface area (Å²) in [7, 11) is 0. The fraction of sp³-hybridized carbons (Fsp3) is 0.733. The number of hydrogen-bond donors (Lipinski definition) is 1. The number of aromatic nitrogens is 2. The number of hydrogen-bond acceptors (Lipinski definition) is 4. The molecule has 5 heteroatoms. The van der Waals surface area contributed by atoms with Crippen molar-refractivity contribution in [2.24, 2.45) is 0 Å². The van der Waals surface area contributed by atoms with E-state index in [1.54, 1.807) is 0 Å². The lowest BCUT2D eigenvalue weighted by Crippen LogP contribution is -2.24. The van der Waals surface area contributed by atoms with Crippen LogP contribution in [0.4, 0.5) is 0 Å². The van der Waals surface area contributed by atoms with Crippen LogP contribution in [-0.2, 0) is 16.1 Å². The van der Waals surface area contributed by atoms with Crippen LogP contribution in [-0.4, -0.2) is 28.9 Å². The Labute approximate surface area is 121 Å². The summed E-state index contributed by atoms with van der Waals surface area (Å²) in [6.07, 6.45) is 1.67. The topological polar surface area (TPSA) is 56.2 Å². The van der Waals surface area contributed by atoms with Crippen molar-refractivity contribution in [1.29, 1.82) is 0 Å². The zero-order valence-corrected chi connectivity index (χ0v) is 13.3. The first kappa shape index (κ1) is 16.7. The fourth-order valence-electron chi connectivity index (χ4n) is 2.36. The van der Waals surface area contributed by atoms with Gasteiger partial charge in [0.1, 0.15) is 6.04 Å². The standard InChI is InChI=1S/C15H27N3O2/c1-6-9-14(15(19)20-8-3)18-12(5)13(10-16-7-2)11(4)17-18/h14,16H,6-10H2,1-5H3. The first-order valence-electron chi connectivity index (χ1n) is 7.48. The van der Waals surface area contributed by atoms with Crippen molar-refractivity contribution < 1.29 is 9.53 Å². The Bertz CT molecular complexity index is 441. The van der Waals surface area contributed by atoms with Crippen molar-refractivity contribution in [1.82, 2.24) is 15.1 Å². The van der Waals surface area contributed by atoms with Crippen LogP contribution in [0.1, 0.15) is 56.6 Å². The molecule has 114 valence electrons. The smallest absolute Gasteiger partial charge is 0.330 e. The lowest BCUT2D eigenvalue weighted by molar-refractivity contribution is -0.147. The Morgan fingerprint density at radius 2 is 2.05 bits per heavy atom. The van der Waals surface area contributed by atoms with Crippen LogP contribution in [0.2, 0.25) is 0 Å². The molecule has 0 fully saturated rings. The second kappa shape index (κ2) is 8.04. The molecule has 1 N–H and O–H groups in total. The van der Waals surface area contributed by atoms with Crippen LogP contribution >= 0.6 is 0 Å². The van der Waals surface area contributed by atoms with Gasteiger partial charge >= 0.3 is 5.97 Å². The van der Waals surface area contributed by atoms with Gasteiger partial charge in [-0.15, -0.1) is 0 Å². The Kier molecular flexibility index (Phi) is 6.71. The summed E-state index contributed by atoms with van der Waals surface area (Å²) in [5.41, 5.74) is 3.21. The molecular formula is C15H27N3O2. The van der Waals surface area contributed by atoms with Gasteiger partial charge in [0.05, 0.1) is 12.3 Å². The third-order valence-electron chi connectivity index (χ3n) is 3.44. The van der Waals surface area contributed by atoms with E-state index in [0.717, 1.165) is 37.3 Å². The molecule has 5 nitrogen and oxygen atoms in total. The number of nitrogens with one attached hydrogen (secondary N) is 1. The second-order valence-corrected chi connectivity index (χ2v) is 4.93. The van der Waals surface area contributed by atoms with Crippen molar-refractivity contribution >= 4 is 5.97 Å². The first-order valence-corrected chi connectivity index (χ1v) is 7.48. The van der Waals surface area contributed by atoms with E-state index in [4.69, 9.17) is 4.74 Å². The predicted octanol–water partition coefficient (Wildman–Crippen LogP) is 2.51. The lowest BCUT2D eigenvalue weighted by atomic mass is 10.1. The molecule has 1 atom stereocenters. The van der Waals surface area contributed by atoms with Crippen molar-refractivity contribution in [2.75, 3.05) is 13.2 Å². The van der Waals surface area contributed by atoms with Crippen LogP contribution < -0.4 is 5.32 Å². The number of aryl methyl sites for hydroxylation is 1. The second-order valence-electron chi connectivity index (χ2n) is 4.93. The molecule has 0 aliphatic rings. The van der Waals surface area contributed by atoms with Crippen molar-refractivity contribution in [2.45, 2.75) is 60.0 Å². The normalized spacial score (nSPS) is 12.4. The third-order valence-corrected chi connectivity index (χ3v) is 3.44. The van der Waals surface area contributed by atoms with Gasteiger partial charge in [0.25, 0.3) is 0 Å². The number of carbonyl (C=O) groups excluding carboxylic acids is 1. The summed E-state index contributed by atoms with van der Waals surface area (Å²) in [5.74, 6) is -0.185. The molecule has 1 aromatic heterocycles. The van der Waals surface area contributed by atoms with Crippen LogP contribution in [0.15, 0.2) is 0 Å². The van der Waals surface area contributed by atoms with Gasteiger partial charge in [-0.05, 0) is 33.7 Å². The molecule has 0 aliphatic carbocycles. The largest absolute Gasteiger partial charge is 0.464 e. The fourth-order valence-corrected chi connectivity index (χ4v) is 2.36. The quantitative estimate of drug-likeness (QED) is 0.744. The van der Waals surface area contributed by atoms with Crippen LogP contribution in [0.25, 0.3) is 0 Å². The van der Waals surface area contributed by atoms with Gasteiger partial charge in [0.15, 0.2) is 0 Å². The molecule has 0 spiro atoms. The van der Waals surface area contributed by atoms with E-state index in [2.05, 4.69) is 24.3 Å². The SMILES string of the molecule is CCCC(C(=O)OCC)n1nc(C)c(CNCC)c1C. The molecular weight excluding hydrogens is 254 g/mol. The zero-order valence-electron chi connectivity index (χ0n) is 13.3. The van der Waals surface area contributed by atoms with E-state index in [1.165, 1.54) is 5.56 Å². The van der Waals surface area contributed by atoms with Gasteiger partial charge in [-0.2, -0.15) is 5.10 Å². The maximum Gasteiger partial charge on any atom is 0.330 e. The van der Waals surface area contributed by atoms with Crippen LogP contribution in [0, 0.1) is 13.8 Å². The molecule has 0 aliphatic heterocycles. The molecule has 0 saturated heterocycles. The Balaban J connectivity index is 3.04. The highest BCUT2D eigenvalue weighted by Gasteiger charge is 2.25. The number of esters is 1. The van der Waals surface area contributed by atoms with Gasteiger partial charge in [-0.3, -0.25) is 4.68 Å². The van der Waals surface area contributed by atoms with Crippen LogP contribution in [0.5, 0.6) is 0 Å². The summed E-state index contributed by atoms with van der Waals surface area (Å²) < 4.78 is 7.02. The van der Waals surface area contributed by atoms with Crippen molar-refractivity contribution in [3.63, 3.8) is 0 Å². The molecule has 1 heterocycles. The maximum absolute atomic E-state index is 12.1. The minimum atomic E-state index is -0.311. The summed E-state index contributed by atoms with van der Waals surface area (Å²) in [6.45, 7) is 12.1. The van der Waals surface area contributed by atoms with E-state index in [9.17, 15) is 4.79 Å². The Hall–Kier alpha value is -1.36. The number of ether oxygens (including phenoxy) is 1. The average molecular weight is 281 g/mol. The van der Waals surface area contributed by atoms with E-state index < -0.39 is 0 Å². The van der Waals surface area contributed by atoms with E-state index >= 15 is 0 Å². The van der Waals surface area contributed by atoms with Gasteiger partial charge in [0.2, 0.25) is 0 Å². The van der Waals surface area contributed by atoms with Gasteiger partial charge < -0.3 is 10.1 Å². The zero-order chi connectivity index (χ0) is 15.1. The summed E-state index contributed by atoms with van der Waals surface area (Å²) in [4.78, 5) is 12.1. The first-order chi connectivity index (χ1) is 9.56. The molecule has 0 saturated carbocycles. The molecule has 1 rings (SSSR count). The maximum atomic E-state index is 12.1. The van der Waals surface area contributed by atoms with Crippen molar-refractivity contribution in [3.05, 3.63) is 17.0 Å². The van der Waals surface area contributed by atoms with E-state index in [1.807, 2.05) is 25.5 Å². The number of nitrogens with zero attached hydrogens (tertiary/aromatic N) is 2. The highest BCUT2D eigenvalue weighted by atomic mass is 16.5. The highest BCUT2D eigenvalue weighted by molar-refractivity contribution is 5.74. The van der Waals surface area contributed by atoms with Crippen molar-refractivity contribution in [3.8, 4) is 0 Å². The van der Waals surface area contributed by atoms with Gasteiger partial charge in [-0.25, -0.2) is 4.79 Å². The van der Waals surface area contributed by atoms with Crippen LogP contribution in [0.3, 0.4) is 0 Å². The summed E-state index contributed by atoms with van der Waals surface area (Å²) >= 11 is 0. The molecule has 0 amide bonds. The summed E-state index contributed by atoms with van der Waals surface area (Å²) in [5, 5.41) is 7.88. The molecule has 0 radical (unpaired) electrons. The number of carbonyl (C=O) groups is 1. The van der Waals surface area contributed by atoms with Gasteiger partial charge in [0, 0.05) is 17.8 Å². The molecule has 1 aromatic rings. The minimum Gasteiger partial charge on any atom is -0.464 e. The molecule has 1 unspecified atom stereocenters. The Morgan fingerprint density at radius 1 is 1.35 bits per heavy atom. The molecule has 20 heavy (non-hydrogen) atoms. The molecule has 0 aromatic carbocycles. The van der Waals surface area contributed by atoms with Gasteiger partial charge in [-0.1, -0.05) is 20.3 Å². The Morgan fingerprint density at radius 3 is 2.60 bits per heavy atom. The van der Waals surface area contributed by atoms with E-state index in [0.29, 0.717) is 6.61 Å². The predicted molar refractivity (Wildman–Crippen MR) is 79.7 cm³/mol. The lowest BCUT2D eigenvalue weighted by Gasteiger charge is -2.17. The average Bonchev–Trinajstić information content (AvgIpc) is 2.69. The number of rotatable bonds is 8.